The van der Waals surface area contributed by atoms with Crippen molar-refractivity contribution in [3.8, 4) is 0 Å². The van der Waals surface area contributed by atoms with E-state index in [2.05, 4.69) is 5.32 Å². The van der Waals surface area contributed by atoms with Gasteiger partial charge in [-0.3, -0.25) is 0 Å². The zero-order valence-electron chi connectivity index (χ0n) is 9.90. The Bertz CT molecular complexity index is 488. The minimum Gasteiger partial charge on any atom is -0.380 e. The van der Waals surface area contributed by atoms with Crippen LogP contribution in [-0.4, -0.2) is 14.5 Å². The summed E-state index contributed by atoms with van der Waals surface area (Å²) in [6, 6.07) is 3.74. The zero-order chi connectivity index (χ0) is 13.1. The lowest BCUT2D eigenvalue weighted by atomic mass is 10.2. The van der Waals surface area contributed by atoms with Crippen molar-refractivity contribution in [2.45, 2.75) is 37.6 Å². The number of halogens is 1. The number of nitrogens with two attached hydrogens (primary N) is 1. The Morgan fingerprint density at radius 2 is 2.12 bits per heavy atom. The monoisotopic (exact) mass is 260 g/mol. The molecule has 0 aromatic heterocycles. The highest BCUT2D eigenvalue weighted by Crippen LogP contribution is 2.19. The molecule has 96 valence electrons. The molecule has 0 aliphatic rings. The average molecular weight is 260 g/mol. The molecule has 0 aliphatic heterocycles. The standard InChI is InChI=1S/C11H17FN2O2S/c1-3-4-8(2)14-11-6-5-9(7-10(11)12)17(13,15)16/h5-8,14H,3-4H2,1-2H3,(H2,13,15,16). The predicted octanol–water partition coefficient (Wildman–Crippen LogP) is 2.07. The normalized spacial score (nSPS) is 13.4. The number of primary sulfonamides is 1. The zero-order valence-corrected chi connectivity index (χ0v) is 10.7. The smallest absolute Gasteiger partial charge is 0.238 e. The maximum atomic E-state index is 13.6. The van der Waals surface area contributed by atoms with Gasteiger partial charge in [0.1, 0.15) is 5.82 Å². The number of anilines is 1. The lowest BCUT2D eigenvalue weighted by Crippen LogP contribution is -2.16. The molecule has 0 bridgehead atoms. The van der Waals surface area contributed by atoms with Crippen LogP contribution in [0.4, 0.5) is 10.1 Å². The van der Waals surface area contributed by atoms with Gasteiger partial charge in [0.15, 0.2) is 0 Å². The lowest BCUT2D eigenvalue weighted by molar-refractivity contribution is 0.591. The Balaban J connectivity index is 2.91. The number of sulfonamides is 1. The Labute approximate surface area is 101 Å². The van der Waals surface area contributed by atoms with Crippen molar-refractivity contribution in [3.05, 3.63) is 24.0 Å². The summed E-state index contributed by atoms with van der Waals surface area (Å²) in [4.78, 5) is -0.219. The number of hydrogen-bond donors (Lipinski definition) is 2. The fourth-order valence-corrected chi connectivity index (χ4v) is 2.09. The van der Waals surface area contributed by atoms with Gasteiger partial charge < -0.3 is 5.32 Å². The molecule has 0 fully saturated rings. The van der Waals surface area contributed by atoms with E-state index in [0.717, 1.165) is 18.9 Å². The highest BCUT2D eigenvalue weighted by Gasteiger charge is 2.12. The second-order valence-electron chi connectivity index (χ2n) is 4.02. The van der Waals surface area contributed by atoms with E-state index in [1.807, 2.05) is 13.8 Å². The van der Waals surface area contributed by atoms with Crippen molar-refractivity contribution in [2.75, 3.05) is 5.32 Å². The van der Waals surface area contributed by atoms with Gasteiger partial charge in [-0.05, 0) is 31.5 Å². The fourth-order valence-electron chi connectivity index (χ4n) is 1.56. The molecule has 1 atom stereocenters. The Morgan fingerprint density at radius 1 is 1.47 bits per heavy atom. The quantitative estimate of drug-likeness (QED) is 0.851. The molecule has 1 aromatic rings. The van der Waals surface area contributed by atoms with E-state index in [1.165, 1.54) is 12.1 Å². The van der Waals surface area contributed by atoms with Gasteiger partial charge in [0, 0.05) is 6.04 Å². The first-order valence-electron chi connectivity index (χ1n) is 5.43. The molecule has 6 heteroatoms. The van der Waals surface area contributed by atoms with Crippen molar-refractivity contribution in [1.82, 2.24) is 0 Å². The molecular formula is C11H17FN2O2S. The Morgan fingerprint density at radius 3 is 2.59 bits per heavy atom. The number of hydrogen-bond acceptors (Lipinski definition) is 3. The molecule has 0 saturated heterocycles. The van der Waals surface area contributed by atoms with E-state index in [9.17, 15) is 12.8 Å². The minimum absolute atomic E-state index is 0.134. The molecule has 0 heterocycles. The van der Waals surface area contributed by atoms with E-state index in [4.69, 9.17) is 5.14 Å². The van der Waals surface area contributed by atoms with Gasteiger partial charge in [-0.15, -0.1) is 0 Å². The summed E-state index contributed by atoms with van der Waals surface area (Å²) in [7, 11) is -3.85. The van der Waals surface area contributed by atoms with Gasteiger partial charge >= 0.3 is 0 Å². The molecule has 1 aromatic carbocycles. The summed E-state index contributed by atoms with van der Waals surface area (Å²) in [5.74, 6) is -0.612. The number of benzene rings is 1. The first kappa shape index (κ1) is 13.9. The molecular weight excluding hydrogens is 243 g/mol. The van der Waals surface area contributed by atoms with Crippen LogP contribution in [0.1, 0.15) is 26.7 Å². The van der Waals surface area contributed by atoms with Crippen molar-refractivity contribution in [1.29, 1.82) is 0 Å². The molecule has 0 spiro atoms. The van der Waals surface area contributed by atoms with Gasteiger partial charge in [-0.25, -0.2) is 17.9 Å². The van der Waals surface area contributed by atoms with Gasteiger partial charge in [-0.1, -0.05) is 13.3 Å². The van der Waals surface area contributed by atoms with Crippen LogP contribution in [0.2, 0.25) is 0 Å². The second kappa shape index (κ2) is 5.46. The summed E-state index contributed by atoms with van der Waals surface area (Å²) < 4.78 is 35.6. The number of nitrogens with one attached hydrogen (secondary N) is 1. The summed E-state index contributed by atoms with van der Waals surface area (Å²) in [5.41, 5.74) is 0.290. The molecule has 17 heavy (non-hydrogen) atoms. The van der Waals surface area contributed by atoms with Crippen LogP contribution < -0.4 is 10.5 Å². The van der Waals surface area contributed by atoms with Crippen LogP contribution in [0.5, 0.6) is 0 Å². The van der Waals surface area contributed by atoms with Crippen LogP contribution in [0.25, 0.3) is 0 Å². The third-order valence-electron chi connectivity index (χ3n) is 2.39. The largest absolute Gasteiger partial charge is 0.380 e. The first-order chi connectivity index (χ1) is 7.84. The van der Waals surface area contributed by atoms with Crippen LogP contribution in [0.3, 0.4) is 0 Å². The minimum atomic E-state index is -3.85. The van der Waals surface area contributed by atoms with Gasteiger partial charge in [0.25, 0.3) is 0 Å². The molecule has 0 aliphatic carbocycles. The maximum absolute atomic E-state index is 13.6. The van der Waals surface area contributed by atoms with Gasteiger partial charge in [0.05, 0.1) is 10.6 Å². The van der Waals surface area contributed by atoms with E-state index < -0.39 is 15.8 Å². The summed E-state index contributed by atoms with van der Waals surface area (Å²) in [6.45, 7) is 3.98. The fraction of sp³-hybridized carbons (Fsp3) is 0.455. The van der Waals surface area contributed by atoms with Crippen molar-refractivity contribution >= 4 is 15.7 Å². The molecule has 1 rings (SSSR count). The van der Waals surface area contributed by atoms with Crippen LogP contribution in [0, 0.1) is 5.82 Å². The predicted molar refractivity (Wildman–Crippen MR) is 65.8 cm³/mol. The van der Waals surface area contributed by atoms with Crippen molar-refractivity contribution < 1.29 is 12.8 Å². The molecule has 0 amide bonds. The van der Waals surface area contributed by atoms with Crippen molar-refractivity contribution in [3.63, 3.8) is 0 Å². The topological polar surface area (TPSA) is 72.2 Å². The van der Waals surface area contributed by atoms with Gasteiger partial charge in [0.2, 0.25) is 10.0 Å². The third kappa shape index (κ3) is 3.98. The molecule has 0 radical (unpaired) electrons. The van der Waals surface area contributed by atoms with E-state index in [-0.39, 0.29) is 10.9 Å². The van der Waals surface area contributed by atoms with Crippen LogP contribution >= 0.6 is 0 Å². The molecule has 1 unspecified atom stereocenters. The summed E-state index contributed by atoms with van der Waals surface area (Å²) in [5, 5.41) is 7.89. The molecule has 0 saturated carbocycles. The van der Waals surface area contributed by atoms with E-state index in [0.29, 0.717) is 5.69 Å². The summed E-state index contributed by atoms with van der Waals surface area (Å²) in [6.07, 6.45) is 1.90. The highest BCUT2D eigenvalue weighted by molar-refractivity contribution is 7.89. The first-order valence-corrected chi connectivity index (χ1v) is 6.98. The SMILES string of the molecule is CCCC(C)Nc1ccc(S(N)(=O)=O)cc1F. The molecule has 3 N–H and O–H groups in total. The van der Waals surface area contributed by atoms with Crippen molar-refractivity contribution in [2.24, 2.45) is 5.14 Å². The lowest BCUT2D eigenvalue weighted by Gasteiger charge is -2.15. The Hall–Kier alpha value is -1.14. The van der Waals surface area contributed by atoms with Gasteiger partial charge in [-0.2, -0.15) is 0 Å². The average Bonchev–Trinajstić information content (AvgIpc) is 2.20. The van der Waals surface area contributed by atoms with Crippen LogP contribution in [0.15, 0.2) is 23.1 Å². The maximum Gasteiger partial charge on any atom is 0.238 e. The summed E-state index contributed by atoms with van der Waals surface area (Å²) >= 11 is 0. The van der Waals surface area contributed by atoms with E-state index >= 15 is 0 Å². The molecule has 4 nitrogen and oxygen atoms in total. The second-order valence-corrected chi connectivity index (χ2v) is 5.58. The highest BCUT2D eigenvalue weighted by atomic mass is 32.2. The third-order valence-corrected chi connectivity index (χ3v) is 3.30. The number of rotatable bonds is 5. The Kier molecular flexibility index (Phi) is 4.47. The van der Waals surface area contributed by atoms with Crippen LogP contribution in [-0.2, 0) is 10.0 Å². The van der Waals surface area contributed by atoms with E-state index in [1.54, 1.807) is 0 Å².